The van der Waals surface area contributed by atoms with Crippen molar-refractivity contribution in [3.05, 3.63) is 58.0 Å². The third kappa shape index (κ3) is 6.29. The molecular weight excluding hydrogens is 375 g/mol. The van der Waals surface area contributed by atoms with Crippen LogP contribution in [-0.4, -0.2) is 56.8 Å². The molecular formula is C21H29FN4OS. The van der Waals surface area contributed by atoms with Gasteiger partial charge in [0.15, 0.2) is 5.96 Å². The van der Waals surface area contributed by atoms with Crippen LogP contribution in [0, 0.1) is 5.82 Å². The van der Waals surface area contributed by atoms with E-state index in [0.29, 0.717) is 6.54 Å². The highest BCUT2D eigenvalue weighted by atomic mass is 32.1. The van der Waals surface area contributed by atoms with Gasteiger partial charge in [-0.2, -0.15) is 0 Å². The summed E-state index contributed by atoms with van der Waals surface area (Å²) in [4.78, 5) is 8.65. The lowest BCUT2D eigenvalue weighted by molar-refractivity contribution is 0.0186. The molecule has 0 aliphatic carbocycles. The standard InChI is InChI=1S/C21H29FN4OS/c1-2-23-21(24-10-9-17-5-7-18(22)8-6-17)25-16-19(20-4-3-15-28-20)26-11-13-27-14-12-26/h3-8,15,19H,2,9-14,16H2,1H3,(H2,23,24,25). The zero-order chi connectivity index (χ0) is 19.6. The molecule has 7 heteroatoms. The number of nitrogens with zero attached hydrogens (tertiary/aromatic N) is 2. The molecule has 1 aliphatic heterocycles. The van der Waals surface area contributed by atoms with Crippen molar-refractivity contribution in [3.8, 4) is 0 Å². The molecule has 1 fully saturated rings. The minimum absolute atomic E-state index is 0.200. The lowest BCUT2D eigenvalue weighted by Gasteiger charge is -2.33. The van der Waals surface area contributed by atoms with Crippen LogP contribution in [0.4, 0.5) is 4.39 Å². The van der Waals surface area contributed by atoms with E-state index in [0.717, 1.165) is 57.3 Å². The molecule has 2 N–H and O–H groups in total. The van der Waals surface area contributed by atoms with Gasteiger partial charge in [0.2, 0.25) is 0 Å². The molecule has 0 saturated carbocycles. The number of aliphatic imine (C=N–C) groups is 1. The Bertz CT molecular complexity index is 715. The number of halogens is 1. The van der Waals surface area contributed by atoms with Crippen molar-refractivity contribution in [3.63, 3.8) is 0 Å². The number of hydrogen-bond donors (Lipinski definition) is 2. The molecule has 28 heavy (non-hydrogen) atoms. The maximum atomic E-state index is 13.0. The third-order valence-electron chi connectivity index (χ3n) is 4.74. The average molecular weight is 405 g/mol. The van der Waals surface area contributed by atoms with E-state index in [2.05, 4.69) is 40.0 Å². The number of hydrogen-bond acceptors (Lipinski definition) is 4. The molecule has 0 amide bonds. The predicted octanol–water partition coefficient (Wildman–Crippen LogP) is 3.06. The van der Waals surface area contributed by atoms with Crippen LogP contribution >= 0.6 is 11.3 Å². The highest BCUT2D eigenvalue weighted by Gasteiger charge is 2.23. The first-order valence-corrected chi connectivity index (χ1v) is 10.8. The monoisotopic (exact) mass is 404 g/mol. The van der Waals surface area contributed by atoms with Crippen molar-refractivity contribution < 1.29 is 9.13 Å². The molecule has 1 aliphatic rings. The number of rotatable bonds is 8. The largest absolute Gasteiger partial charge is 0.379 e. The molecule has 0 radical (unpaired) electrons. The Balaban J connectivity index is 1.59. The first-order chi connectivity index (χ1) is 13.8. The summed E-state index contributed by atoms with van der Waals surface area (Å²) in [5, 5.41) is 8.84. The first kappa shape index (κ1) is 20.8. The van der Waals surface area contributed by atoms with Crippen molar-refractivity contribution in [2.75, 3.05) is 45.9 Å². The van der Waals surface area contributed by atoms with Crippen molar-refractivity contribution in [2.45, 2.75) is 19.4 Å². The molecule has 3 rings (SSSR count). The Kier molecular flexibility index (Phi) is 8.26. The van der Waals surface area contributed by atoms with Gasteiger partial charge in [-0.15, -0.1) is 11.3 Å². The molecule has 5 nitrogen and oxygen atoms in total. The number of morpholine rings is 1. The van der Waals surface area contributed by atoms with Gasteiger partial charge in [-0.05, 0) is 42.5 Å². The maximum absolute atomic E-state index is 13.0. The summed E-state index contributed by atoms with van der Waals surface area (Å²) in [6.07, 6.45) is 0.822. The minimum Gasteiger partial charge on any atom is -0.379 e. The van der Waals surface area contributed by atoms with Crippen LogP contribution in [0.3, 0.4) is 0 Å². The van der Waals surface area contributed by atoms with E-state index in [-0.39, 0.29) is 11.9 Å². The van der Waals surface area contributed by atoms with Crippen LogP contribution in [-0.2, 0) is 11.2 Å². The Hall–Kier alpha value is -1.96. The lowest BCUT2D eigenvalue weighted by Crippen LogP contribution is -2.42. The van der Waals surface area contributed by atoms with E-state index in [4.69, 9.17) is 9.73 Å². The third-order valence-corrected chi connectivity index (χ3v) is 5.72. The van der Waals surface area contributed by atoms with E-state index >= 15 is 0 Å². The molecule has 0 bridgehead atoms. The van der Waals surface area contributed by atoms with Crippen LogP contribution in [0.5, 0.6) is 0 Å². The van der Waals surface area contributed by atoms with Gasteiger partial charge in [0, 0.05) is 31.1 Å². The van der Waals surface area contributed by atoms with Crippen molar-refractivity contribution >= 4 is 17.3 Å². The smallest absolute Gasteiger partial charge is 0.191 e. The van der Waals surface area contributed by atoms with Gasteiger partial charge in [-0.25, -0.2) is 4.39 Å². The molecule has 0 spiro atoms. The van der Waals surface area contributed by atoms with Gasteiger partial charge >= 0.3 is 0 Å². The first-order valence-electron chi connectivity index (χ1n) is 9.88. The molecule has 2 aromatic rings. The van der Waals surface area contributed by atoms with E-state index in [1.165, 1.54) is 17.0 Å². The number of thiophene rings is 1. The molecule has 1 aromatic carbocycles. The topological polar surface area (TPSA) is 48.9 Å². The predicted molar refractivity (Wildman–Crippen MR) is 114 cm³/mol. The van der Waals surface area contributed by atoms with Crippen LogP contribution in [0.1, 0.15) is 23.4 Å². The Morgan fingerprint density at radius 3 is 2.68 bits per heavy atom. The zero-order valence-corrected chi connectivity index (χ0v) is 17.2. The summed E-state index contributed by atoms with van der Waals surface area (Å²) in [5.74, 6) is 0.619. The fraction of sp³-hybridized carbons (Fsp3) is 0.476. The van der Waals surface area contributed by atoms with Gasteiger partial charge < -0.3 is 15.4 Å². The van der Waals surface area contributed by atoms with Crippen molar-refractivity contribution in [1.82, 2.24) is 15.5 Å². The van der Waals surface area contributed by atoms with Crippen molar-refractivity contribution in [2.24, 2.45) is 4.99 Å². The summed E-state index contributed by atoms with van der Waals surface area (Å²) in [6, 6.07) is 11.2. The van der Waals surface area contributed by atoms with Gasteiger partial charge in [0.25, 0.3) is 0 Å². The molecule has 2 heterocycles. The average Bonchev–Trinajstić information content (AvgIpc) is 3.25. The van der Waals surface area contributed by atoms with Crippen molar-refractivity contribution in [1.29, 1.82) is 0 Å². The SMILES string of the molecule is CCNC(=NCC(c1cccs1)N1CCOCC1)NCCc1ccc(F)cc1. The normalized spacial score (nSPS) is 16.7. The summed E-state index contributed by atoms with van der Waals surface area (Å²) in [5.41, 5.74) is 1.11. The maximum Gasteiger partial charge on any atom is 0.191 e. The number of guanidine groups is 1. The lowest BCUT2D eigenvalue weighted by atomic mass is 10.1. The minimum atomic E-state index is -0.200. The van der Waals surface area contributed by atoms with Crippen LogP contribution < -0.4 is 10.6 Å². The fourth-order valence-electron chi connectivity index (χ4n) is 3.25. The quantitative estimate of drug-likeness (QED) is 0.524. The van der Waals surface area contributed by atoms with E-state index in [9.17, 15) is 4.39 Å². The van der Waals surface area contributed by atoms with Crippen LogP contribution in [0.25, 0.3) is 0 Å². The van der Waals surface area contributed by atoms with Gasteiger partial charge in [0.1, 0.15) is 5.82 Å². The zero-order valence-electron chi connectivity index (χ0n) is 16.4. The highest BCUT2D eigenvalue weighted by molar-refractivity contribution is 7.10. The summed E-state index contributed by atoms with van der Waals surface area (Å²) in [6.45, 7) is 7.76. The second-order valence-corrected chi connectivity index (χ2v) is 7.68. The second kappa shape index (κ2) is 11.1. The number of ether oxygens (including phenoxy) is 1. The van der Waals surface area contributed by atoms with Crippen LogP contribution in [0.2, 0.25) is 0 Å². The Morgan fingerprint density at radius 2 is 2.00 bits per heavy atom. The molecule has 1 aromatic heterocycles. The fourth-order valence-corrected chi connectivity index (χ4v) is 4.10. The summed E-state index contributed by atoms with van der Waals surface area (Å²) in [7, 11) is 0. The number of benzene rings is 1. The van der Waals surface area contributed by atoms with E-state index in [1.807, 2.05) is 12.1 Å². The van der Waals surface area contributed by atoms with Gasteiger partial charge in [0.05, 0.1) is 25.8 Å². The van der Waals surface area contributed by atoms with E-state index in [1.54, 1.807) is 11.3 Å². The molecule has 1 atom stereocenters. The van der Waals surface area contributed by atoms with Gasteiger partial charge in [-0.3, -0.25) is 9.89 Å². The molecule has 152 valence electrons. The molecule has 1 unspecified atom stereocenters. The second-order valence-electron chi connectivity index (χ2n) is 6.70. The summed E-state index contributed by atoms with van der Waals surface area (Å²) < 4.78 is 18.5. The Morgan fingerprint density at radius 1 is 1.21 bits per heavy atom. The number of nitrogens with one attached hydrogen (secondary N) is 2. The highest BCUT2D eigenvalue weighted by Crippen LogP contribution is 2.26. The van der Waals surface area contributed by atoms with Crippen LogP contribution in [0.15, 0.2) is 46.8 Å². The van der Waals surface area contributed by atoms with Gasteiger partial charge in [-0.1, -0.05) is 18.2 Å². The summed E-state index contributed by atoms with van der Waals surface area (Å²) >= 11 is 1.78. The Labute approximate surface area is 170 Å². The van der Waals surface area contributed by atoms with E-state index < -0.39 is 0 Å². The molecule has 1 saturated heterocycles.